The Labute approximate surface area is 244 Å². The Kier molecular flexibility index (Phi) is 8.26. The second-order valence-electron chi connectivity index (χ2n) is 13.9. The summed E-state index contributed by atoms with van der Waals surface area (Å²) in [7, 11) is -4.14. The van der Waals surface area contributed by atoms with Crippen LogP contribution in [0.15, 0.2) is 30.6 Å². The van der Waals surface area contributed by atoms with E-state index in [-0.39, 0.29) is 33.9 Å². The molecule has 0 amide bonds. The molecule has 13 heteroatoms. The number of hydrogen-bond acceptors (Lipinski definition) is 9. The van der Waals surface area contributed by atoms with E-state index in [4.69, 9.17) is 19.3 Å². The van der Waals surface area contributed by atoms with Crippen molar-refractivity contribution in [2.24, 2.45) is 0 Å². The number of nitrogen functional groups attached to an aromatic ring is 1. The van der Waals surface area contributed by atoms with Crippen molar-refractivity contribution in [1.29, 1.82) is 0 Å². The molecule has 224 valence electrons. The Morgan fingerprint density at radius 3 is 2.37 bits per heavy atom. The van der Waals surface area contributed by atoms with Gasteiger partial charge in [0, 0.05) is 24.1 Å². The molecular formula is C28H44N6O5Si2. The van der Waals surface area contributed by atoms with Crippen LogP contribution in [0.3, 0.4) is 0 Å². The van der Waals surface area contributed by atoms with Crippen molar-refractivity contribution in [2.45, 2.75) is 103 Å². The average molecular weight is 601 g/mol. The first kappa shape index (κ1) is 31.2. The van der Waals surface area contributed by atoms with E-state index >= 15 is 0 Å². The summed E-state index contributed by atoms with van der Waals surface area (Å²) in [4.78, 5) is 24.4. The summed E-state index contributed by atoms with van der Waals surface area (Å²) in [6.07, 6.45) is 1.43. The van der Waals surface area contributed by atoms with Crippen LogP contribution >= 0.6 is 0 Å². The van der Waals surface area contributed by atoms with Gasteiger partial charge in [-0.3, -0.25) is 14.7 Å². The number of rotatable bonds is 8. The summed E-state index contributed by atoms with van der Waals surface area (Å²) in [6.45, 7) is 22.8. The second kappa shape index (κ2) is 10.8. The van der Waals surface area contributed by atoms with E-state index in [2.05, 4.69) is 82.7 Å². The number of fused-ring (bicyclic) bond motifs is 1. The molecule has 2 aromatic heterocycles. The maximum Gasteiger partial charge on any atom is 0.270 e. The summed E-state index contributed by atoms with van der Waals surface area (Å²) in [5.74, 6) is 0.0469. The van der Waals surface area contributed by atoms with Gasteiger partial charge in [0.05, 0.1) is 24.0 Å². The van der Waals surface area contributed by atoms with Gasteiger partial charge < -0.3 is 19.3 Å². The van der Waals surface area contributed by atoms with Gasteiger partial charge in [0.2, 0.25) is 5.95 Å². The molecule has 0 spiro atoms. The minimum atomic E-state index is -2.12. The number of benzene rings is 1. The molecule has 0 saturated carbocycles. The Bertz CT molecular complexity index is 1430. The molecule has 11 nitrogen and oxygen atoms in total. The van der Waals surface area contributed by atoms with E-state index in [1.165, 1.54) is 12.1 Å². The van der Waals surface area contributed by atoms with Crippen LogP contribution in [0, 0.1) is 10.1 Å². The third kappa shape index (κ3) is 6.38. The van der Waals surface area contributed by atoms with E-state index in [0.29, 0.717) is 35.4 Å². The van der Waals surface area contributed by atoms with Crippen LogP contribution in [-0.2, 0) is 13.6 Å². The largest absolute Gasteiger partial charge is 0.414 e. The lowest BCUT2D eigenvalue weighted by Gasteiger charge is -2.40. The number of non-ortho nitro benzene ring substituents is 1. The topological polar surface area (TPSA) is 140 Å². The van der Waals surface area contributed by atoms with Crippen LogP contribution in [0.5, 0.6) is 0 Å². The van der Waals surface area contributed by atoms with Gasteiger partial charge in [-0.05, 0) is 36.3 Å². The Hall–Kier alpha value is -2.72. The summed E-state index contributed by atoms with van der Waals surface area (Å²) in [6, 6.07) is 6.26. The van der Waals surface area contributed by atoms with Crippen molar-refractivity contribution in [3.63, 3.8) is 0 Å². The molecule has 0 bridgehead atoms. The molecule has 41 heavy (non-hydrogen) atoms. The monoisotopic (exact) mass is 600 g/mol. The zero-order valence-electron chi connectivity index (χ0n) is 25.9. The van der Waals surface area contributed by atoms with E-state index in [1.54, 1.807) is 18.5 Å². The first-order valence-electron chi connectivity index (χ1n) is 14.0. The van der Waals surface area contributed by atoms with Gasteiger partial charge in [-0.15, -0.1) is 0 Å². The maximum atomic E-state index is 11.4. The highest BCUT2D eigenvalue weighted by atomic mass is 28.4. The number of aromatic nitrogens is 4. The van der Waals surface area contributed by atoms with Crippen molar-refractivity contribution in [1.82, 2.24) is 19.5 Å². The molecular weight excluding hydrogens is 557 g/mol. The third-order valence-electron chi connectivity index (χ3n) is 8.93. The summed E-state index contributed by atoms with van der Waals surface area (Å²) >= 11 is 0. The first-order valence-corrected chi connectivity index (χ1v) is 19.8. The van der Waals surface area contributed by atoms with E-state index in [9.17, 15) is 10.1 Å². The molecule has 0 unspecified atom stereocenters. The number of nitro benzene ring substituents is 1. The van der Waals surface area contributed by atoms with Crippen molar-refractivity contribution < 1.29 is 18.5 Å². The number of anilines is 1. The molecule has 1 aliphatic rings. The Morgan fingerprint density at radius 2 is 1.76 bits per heavy atom. The normalized spacial score (nSPS) is 20.6. The lowest BCUT2D eigenvalue weighted by atomic mass is 10.1. The number of hydrogen-bond donors (Lipinski definition) is 1. The average Bonchev–Trinajstić information content (AvgIpc) is 3.44. The maximum absolute atomic E-state index is 11.4. The number of nitrogens with zero attached hydrogens (tertiary/aromatic N) is 5. The van der Waals surface area contributed by atoms with Gasteiger partial charge in [0.25, 0.3) is 5.69 Å². The van der Waals surface area contributed by atoms with Gasteiger partial charge in [-0.2, -0.15) is 4.98 Å². The van der Waals surface area contributed by atoms with Gasteiger partial charge in [-0.1, -0.05) is 53.7 Å². The molecule has 3 atom stereocenters. The van der Waals surface area contributed by atoms with Crippen molar-refractivity contribution in [3.8, 4) is 11.3 Å². The lowest BCUT2D eigenvalue weighted by Crippen LogP contribution is -2.48. The fourth-order valence-corrected chi connectivity index (χ4v) is 6.69. The SMILES string of the molecule is CC(C)(C)[Si](C)(C)OC[C@H]1O[C@@H](n2cnc3c(-c4cccc([N+](=O)[O-])c4)nc(N)nc32)C[C@@H]1O[Si](C)(C)C(C)(C)C. The van der Waals surface area contributed by atoms with Crippen molar-refractivity contribution in [2.75, 3.05) is 12.3 Å². The minimum Gasteiger partial charge on any atom is -0.414 e. The lowest BCUT2D eigenvalue weighted by molar-refractivity contribution is -0.384. The molecule has 1 fully saturated rings. The van der Waals surface area contributed by atoms with Crippen LogP contribution < -0.4 is 5.73 Å². The molecule has 1 saturated heterocycles. The number of nitrogens with two attached hydrogens (primary N) is 1. The van der Waals surface area contributed by atoms with Gasteiger partial charge in [0.1, 0.15) is 23.5 Å². The first-order chi connectivity index (χ1) is 18.8. The summed E-state index contributed by atoms with van der Waals surface area (Å²) < 4.78 is 22.0. The highest BCUT2D eigenvalue weighted by molar-refractivity contribution is 6.74. The molecule has 4 rings (SSSR count). The van der Waals surface area contributed by atoms with Gasteiger partial charge >= 0.3 is 0 Å². The minimum absolute atomic E-state index is 0.0342. The molecule has 0 radical (unpaired) electrons. The van der Waals surface area contributed by atoms with Gasteiger partial charge in [-0.25, -0.2) is 9.97 Å². The number of ether oxygens (including phenoxy) is 1. The fourth-order valence-electron chi connectivity index (χ4n) is 4.32. The smallest absolute Gasteiger partial charge is 0.270 e. The Morgan fingerprint density at radius 1 is 1.10 bits per heavy atom. The Balaban J connectivity index is 1.70. The van der Waals surface area contributed by atoms with Crippen LogP contribution in [0.1, 0.15) is 54.2 Å². The number of nitro groups is 1. The zero-order valence-corrected chi connectivity index (χ0v) is 27.9. The molecule has 0 aliphatic carbocycles. The van der Waals surface area contributed by atoms with E-state index in [1.807, 2.05) is 4.57 Å². The van der Waals surface area contributed by atoms with Crippen LogP contribution in [0.25, 0.3) is 22.4 Å². The third-order valence-corrected chi connectivity index (χ3v) is 17.9. The zero-order chi connectivity index (χ0) is 30.5. The van der Waals surface area contributed by atoms with E-state index < -0.39 is 27.8 Å². The molecule has 3 heterocycles. The van der Waals surface area contributed by atoms with Crippen molar-refractivity contribution >= 4 is 39.4 Å². The van der Waals surface area contributed by atoms with Crippen molar-refractivity contribution in [3.05, 3.63) is 40.7 Å². The standard InChI is InChI=1S/C28H44N6O5Si2/c1-27(2,3)40(7,8)37-16-21-20(39-41(9,10)28(4,5)6)15-22(38-21)33-17-30-24-23(31-26(29)32-25(24)33)18-12-11-13-19(14-18)34(35)36/h11-14,17,20-22H,15-16H2,1-10H3,(H2,29,31,32)/t20-,21+,22+/m0/s1. The molecule has 1 aliphatic heterocycles. The molecule has 3 aromatic rings. The highest BCUT2D eigenvalue weighted by Gasteiger charge is 2.47. The molecule has 2 N–H and O–H groups in total. The molecule has 1 aromatic carbocycles. The van der Waals surface area contributed by atoms with Crippen LogP contribution in [-0.4, -0.2) is 59.9 Å². The summed E-state index contributed by atoms with van der Waals surface area (Å²) in [5, 5.41) is 11.5. The predicted molar refractivity (Wildman–Crippen MR) is 166 cm³/mol. The van der Waals surface area contributed by atoms with Crippen LogP contribution in [0.2, 0.25) is 36.3 Å². The quantitative estimate of drug-likeness (QED) is 0.170. The predicted octanol–water partition coefficient (Wildman–Crippen LogP) is 6.68. The highest BCUT2D eigenvalue weighted by Crippen LogP contribution is 2.43. The number of imidazole rings is 1. The fraction of sp³-hybridized carbons (Fsp3) is 0.607. The van der Waals surface area contributed by atoms with Gasteiger partial charge in [0.15, 0.2) is 22.3 Å². The summed E-state index contributed by atoms with van der Waals surface area (Å²) in [5.41, 5.74) is 8.06. The second-order valence-corrected chi connectivity index (χ2v) is 23.5. The van der Waals surface area contributed by atoms with E-state index in [0.717, 1.165) is 0 Å². The van der Waals surface area contributed by atoms with Crippen LogP contribution in [0.4, 0.5) is 11.6 Å².